The molecule has 0 radical (unpaired) electrons. The van der Waals surface area contributed by atoms with Gasteiger partial charge in [0.1, 0.15) is 0 Å². The lowest BCUT2D eigenvalue weighted by Crippen LogP contribution is -2.19. The summed E-state index contributed by atoms with van der Waals surface area (Å²) in [6.07, 6.45) is 3.77. The Hall–Kier alpha value is -0.643. The number of nitrogens with one attached hydrogen (secondary N) is 2. The van der Waals surface area contributed by atoms with Crippen LogP contribution in [-0.4, -0.2) is 29.5 Å². The summed E-state index contributed by atoms with van der Waals surface area (Å²) in [7, 11) is 1.27. The van der Waals surface area contributed by atoms with E-state index in [0.29, 0.717) is 0 Å². The lowest BCUT2D eigenvalue weighted by Gasteiger charge is -2.05. The minimum absolute atomic E-state index is 0.995. The summed E-state index contributed by atoms with van der Waals surface area (Å²) in [5.74, 6) is 0. The van der Waals surface area contributed by atoms with Crippen LogP contribution in [0.4, 0.5) is 0 Å². The molecule has 3 heteroatoms. The molecule has 0 aromatic heterocycles. The van der Waals surface area contributed by atoms with E-state index in [1.165, 1.54) is 41.4 Å². The zero-order valence-corrected chi connectivity index (χ0v) is 11.6. The van der Waals surface area contributed by atoms with Crippen LogP contribution in [-0.2, 0) is 6.54 Å². The first kappa shape index (κ1) is 12.4. The van der Waals surface area contributed by atoms with Gasteiger partial charge in [-0.1, -0.05) is 30.3 Å². The summed E-state index contributed by atoms with van der Waals surface area (Å²) in [6.45, 7) is 3.29. The third kappa shape index (κ3) is 6.44. The van der Waals surface area contributed by atoms with Crippen molar-refractivity contribution >= 4 is 10.2 Å². The average Bonchev–Trinajstić information content (AvgIpc) is 2.29. The van der Waals surface area contributed by atoms with E-state index in [1.54, 1.807) is 0 Å². The van der Waals surface area contributed by atoms with Gasteiger partial charge in [0.05, 0.1) is 0 Å². The molecule has 0 saturated carbocycles. The summed E-state index contributed by atoms with van der Waals surface area (Å²) in [5.41, 5.74) is 1.37. The van der Waals surface area contributed by atoms with Gasteiger partial charge < -0.3 is 10.6 Å². The highest BCUT2D eigenvalue weighted by molar-refractivity contribution is 6.08. The summed E-state index contributed by atoms with van der Waals surface area (Å²) in [4.78, 5) is 0. The molecule has 0 spiro atoms. The third-order valence-electron chi connectivity index (χ3n) is 2.38. The summed E-state index contributed by atoms with van der Waals surface area (Å²) >= 11 is 0. The molecule has 0 unspecified atom stereocenters. The van der Waals surface area contributed by atoms with Crippen molar-refractivity contribution in [3.05, 3.63) is 35.9 Å². The smallest absolute Gasteiger partial charge is 0.0205 e. The van der Waals surface area contributed by atoms with E-state index < -0.39 is 0 Å². The van der Waals surface area contributed by atoms with E-state index in [2.05, 4.69) is 41.0 Å². The molecule has 0 aliphatic carbocycles. The molecule has 2 nitrogen and oxygen atoms in total. The predicted octanol–water partition coefficient (Wildman–Crippen LogP) is 0.469. The summed E-state index contributed by atoms with van der Waals surface area (Å²) in [5, 5.41) is 6.85. The Morgan fingerprint density at radius 2 is 1.60 bits per heavy atom. The van der Waals surface area contributed by atoms with Gasteiger partial charge in [0.25, 0.3) is 0 Å². The topological polar surface area (TPSA) is 24.1 Å². The molecule has 0 bridgehead atoms. The van der Waals surface area contributed by atoms with Crippen molar-refractivity contribution in [2.75, 3.05) is 19.3 Å². The molecule has 1 aromatic rings. The first-order chi connectivity index (χ1) is 7.43. The quantitative estimate of drug-likeness (QED) is 0.493. The molecule has 84 valence electrons. The van der Waals surface area contributed by atoms with E-state index in [0.717, 1.165) is 13.1 Å². The molecule has 1 rings (SSSR count). The van der Waals surface area contributed by atoms with Crippen LogP contribution in [0.15, 0.2) is 30.3 Å². The fraction of sp³-hybridized carbons (Fsp3) is 0.500. The molecule has 1 aromatic carbocycles. The molecule has 0 saturated heterocycles. The van der Waals surface area contributed by atoms with Crippen LogP contribution in [0.25, 0.3) is 0 Å². The van der Waals surface area contributed by atoms with E-state index in [4.69, 9.17) is 0 Å². The highest BCUT2D eigenvalue weighted by Crippen LogP contribution is 1.97. The van der Waals surface area contributed by atoms with Crippen molar-refractivity contribution in [1.82, 2.24) is 10.6 Å². The number of benzene rings is 1. The van der Waals surface area contributed by atoms with Gasteiger partial charge in [0.15, 0.2) is 0 Å². The zero-order chi connectivity index (χ0) is 10.8. The minimum atomic E-state index is 0.995. The highest BCUT2D eigenvalue weighted by Gasteiger charge is 1.90. The molecule has 2 N–H and O–H groups in total. The van der Waals surface area contributed by atoms with Crippen LogP contribution in [0, 0.1) is 0 Å². The van der Waals surface area contributed by atoms with Gasteiger partial charge in [-0.15, -0.1) is 0 Å². The van der Waals surface area contributed by atoms with E-state index in [-0.39, 0.29) is 0 Å². The Bertz CT molecular complexity index is 239. The van der Waals surface area contributed by atoms with E-state index in [9.17, 15) is 0 Å². The van der Waals surface area contributed by atoms with Crippen LogP contribution < -0.4 is 10.6 Å². The summed E-state index contributed by atoms with van der Waals surface area (Å²) < 4.78 is 0. The second-order valence-electron chi connectivity index (χ2n) is 3.72. The van der Waals surface area contributed by atoms with Crippen molar-refractivity contribution in [1.29, 1.82) is 0 Å². The number of hydrogen-bond donors (Lipinski definition) is 2. The normalized spacial score (nSPS) is 10.7. The van der Waals surface area contributed by atoms with Crippen molar-refractivity contribution < 1.29 is 0 Å². The largest absolute Gasteiger partial charge is 0.320 e. The molecular weight excluding hydrogens is 200 g/mol. The Morgan fingerprint density at radius 3 is 2.27 bits per heavy atom. The molecule has 0 aliphatic rings. The number of hydrogen-bond acceptors (Lipinski definition) is 2. The molecule has 0 atom stereocenters. The molecule has 0 amide bonds. The Labute approximate surface area is 95.9 Å². The van der Waals surface area contributed by atoms with Crippen molar-refractivity contribution in [2.24, 2.45) is 0 Å². The third-order valence-corrected chi connectivity index (χ3v) is 2.88. The van der Waals surface area contributed by atoms with Gasteiger partial charge in [-0.2, -0.15) is 0 Å². The lowest BCUT2D eigenvalue weighted by atomic mass is 10.2. The van der Waals surface area contributed by atoms with Crippen LogP contribution in [0.3, 0.4) is 0 Å². The fourth-order valence-electron chi connectivity index (χ4n) is 1.51. The molecule has 0 heterocycles. The van der Waals surface area contributed by atoms with Crippen molar-refractivity contribution in [3.63, 3.8) is 0 Å². The number of rotatable bonds is 8. The van der Waals surface area contributed by atoms with Crippen LogP contribution in [0.2, 0.25) is 0 Å². The molecular formula is C12H22N2Si. The Balaban J connectivity index is 1.93. The van der Waals surface area contributed by atoms with Crippen LogP contribution in [0.5, 0.6) is 0 Å². The van der Waals surface area contributed by atoms with Crippen LogP contribution >= 0.6 is 0 Å². The van der Waals surface area contributed by atoms with E-state index in [1.807, 2.05) is 0 Å². The van der Waals surface area contributed by atoms with Gasteiger partial charge in [-0.25, -0.2) is 0 Å². The lowest BCUT2D eigenvalue weighted by molar-refractivity contribution is 0.602. The predicted molar refractivity (Wildman–Crippen MR) is 70.2 cm³/mol. The first-order valence-electron chi connectivity index (χ1n) is 5.89. The van der Waals surface area contributed by atoms with Crippen molar-refractivity contribution in [3.8, 4) is 0 Å². The summed E-state index contributed by atoms with van der Waals surface area (Å²) in [6, 6.07) is 10.6. The maximum atomic E-state index is 3.46. The van der Waals surface area contributed by atoms with Gasteiger partial charge in [0, 0.05) is 16.8 Å². The van der Waals surface area contributed by atoms with E-state index >= 15 is 0 Å². The second-order valence-corrected chi connectivity index (χ2v) is 4.43. The van der Waals surface area contributed by atoms with Gasteiger partial charge in [-0.05, 0) is 37.7 Å². The average molecular weight is 222 g/mol. The monoisotopic (exact) mass is 222 g/mol. The molecule has 0 fully saturated rings. The Morgan fingerprint density at radius 1 is 0.933 bits per heavy atom. The zero-order valence-electron chi connectivity index (χ0n) is 9.63. The number of unbranched alkanes of at least 4 members (excludes halogenated alkanes) is 1. The molecule has 15 heavy (non-hydrogen) atoms. The van der Waals surface area contributed by atoms with Gasteiger partial charge in [-0.3, -0.25) is 0 Å². The molecule has 0 aliphatic heterocycles. The highest BCUT2D eigenvalue weighted by atomic mass is 28.1. The fourth-order valence-corrected chi connectivity index (χ4v) is 1.86. The second kappa shape index (κ2) is 8.65. The van der Waals surface area contributed by atoms with Crippen molar-refractivity contribution in [2.45, 2.75) is 19.4 Å². The maximum absolute atomic E-state index is 3.46. The Kier molecular flexibility index (Phi) is 7.16. The maximum Gasteiger partial charge on any atom is 0.0205 e. The standard InChI is InChI=1S/C12H22N2Si/c15-11-14-9-5-4-8-13-10-12-6-2-1-3-7-12/h1-3,6-7,13-14H,4-5,8-11H2,15H3. The first-order valence-corrected chi connectivity index (χ1v) is 7.30. The SMILES string of the molecule is [SiH3]CNCCCCNCc1ccccc1. The van der Waals surface area contributed by atoms with Gasteiger partial charge >= 0.3 is 0 Å². The minimum Gasteiger partial charge on any atom is -0.320 e. The van der Waals surface area contributed by atoms with Gasteiger partial charge in [0.2, 0.25) is 0 Å². The van der Waals surface area contributed by atoms with Crippen LogP contribution in [0.1, 0.15) is 18.4 Å².